The number of fused-ring (bicyclic) bond motifs is 1. The number of aromatic hydroxyl groups is 1. The number of hydrogen-bond acceptors (Lipinski definition) is 6. The van der Waals surface area contributed by atoms with E-state index in [0.29, 0.717) is 44.0 Å². The van der Waals surface area contributed by atoms with Crippen molar-refractivity contribution in [2.75, 3.05) is 38.2 Å². The number of carboxylic acids is 1. The number of carbonyl (C=O) groups is 2. The maximum atomic E-state index is 15.0. The first-order valence-electron chi connectivity index (χ1n) is 10.8. The van der Waals surface area contributed by atoms with Crippen LogP contribution in [-0.4, -0.2) is 64.8 Å². The number of nitrogens with zero attached hydrogens (tertiary/aromatic N) is 3. The summed E-state index contributed by atoms with van der Waals surface area (Å²) in [6.45, 7) is 3.47. The molecule has 178 valence electrons. The number of ether oxygens (including phenoxy) is 1. The van der Waals surface area contributed by atoms with E-state index in [1.165, 1.54) is 25.4 Å². The molecule has 34 heavy (non-hydrogen) atoms. The Hall–Kier alpha value is -4.08. The van der Waals surface area contributed by atoms with E-state index in [9.17, 15) is 24.6 Å². The summed E-state index contributed by atoms with van der Waals surface area (Å²) in [6.07, 6.45) is 1.27. The van der Waals surface area contributed by atoms with Gasteiger partial charge in [0.25, 0.3) is 5.91 Å². The number of halogens is 1. The van der Waals surface area contributed by atoms with Crippen molar-refractivity contribution in [1.82, 2.24) is 9.47 Å². The van der Waals surface area contributed by atoms with E-state index in [4.69, 9.17) is 4.74 Å². The summed E-state index contributed by atoms with van der Waals surface area (Å²) < 4.78 is 21.8. The summed E-state index contributed by atoms with van der Waals surface area (Å²) in [5.74, 6) is -2.05. The van der Waals surface area contributed by atoms with Crippen LogP contribution in [0.15, 0.2) is 41.3 Å². The highest BCUT2D eigenvalue weighted by molar-refractivity contribution is 5.97. The number of carbonyl (C=O) groups excluding carboxylic acids is 1. The highest BCUT2D eigenvalue weighted by Crippen LogP contribution is 2.28. The minimum absolute atomic E-state index is 0.00492. The van der Waals surface area contributed by atoms with Gasteiger partial charge >= 0.3 is 5.97 Å². The van der Waals surface area contributed by atoms with Gasteiger partial charge in [-0.1, -0.05) is 0 Å². The number of phenolic OH excluding ortho intramolecular Hbond substituents is 1. The number of hydrogen-bond donors (Lipinski definition) is 2. The Labute approximate surface area is 194 Å². The molecule has 2 aromatic carbocycles. The van der Waals surface area contributed by atoms with Gasteiger partial charge in [-0.15, -0.1) is 0 Å². The van der Waals surface area contributed by atoms with Gasteiger partial charge in [0, 0.05) is 44.3 Å². The Morgan fingerprint density at radius 3 is 2.41 bits per heavy atom. The van der Waals surface area contributed by atoms with Crippen LogP contribution >= 0.6 is 0 Å². The highest BCUT2D eigenvalue weighted by Gasteiger charge is 2.26. The molecule has 1 fully saturated rings. The quantitative estimate of drug-likeness (QED) is 0.591. The molecule has 9 nitrogen and oxygen atoms in total. The molecule has 4 rings (SSSR count). The lowest BCUT2D eigenvalue weighted by atomic mass is 10.1. The minimum Gasteiger partial charge on any atom is -0.507 e. The Balaban J connectivity index is 1.60. The number of aromatic nitrogens is 1. The number of anilines is 1. The first kappa shape index (κ1) is 23.1. The van der Waals surface area contributed by atoms with E-state index in [1.54, 1.807) is 33.4 Å². The van der Waals surface area contributed by atoms with E-state index in [2.05, 4.69) is 0 Å². The average Bonchev–Trinajstić information content (AvgIpc) is 2.84. The molecule has 0 saturated carbocycles. The summed E-state index contributed by atoms with van der Waals surface area (Å²) in [7, 11) is 1.47. The van der Waals surface area contributed by atoms with Gasteiger partial charge < -0.3 is 29.3 Å². The number of piperazine rings is 1. The minimum atomic E-state index is -1.36. The van der Waals surface area contributed by atoms with E-state index in [-0.39, 0.29) is 28.3 Å². The fourth-order valence-corrected chi connectivity index (χ4v) is 4.19. The smallest absolute Gasteiger partial charge is 0.341 e. The van der Waals surface area contributed by atoms with Crippen molar-refractivity contribution < 1.29 is 28.9 Å². The first-order valence-corrected chi connectivity index (χ1v) is 10.8. The van der Waals surface area contributed by atoms with Crippen LogP contribution in [0.1, 0.15) is 27.6 Å². The molecule has 2 heterocycles. The molecule has 10 heteroatoms. The second-order valence-corrected chi connectivity index (χ2v) is 7.95. The van der Waals surface area contributed by atoms with Gasteiger partial charge in [-0.25, -0.2) is 9.18 Å². The Morgan fingerprint density at radius 2 is 1.79 bits per heavy atom. The predicted molar refractivity (Wildman–Crippen MR) is 124 cm³/mol. The lowest BCUT2D eigenvalue weighted by Crippen LogP contribution is -2.49. The van der Waals surface area contributed by atoms with Crippen molar-refractivity contribution >= 4 is 28.5 Å². The zero-order chi connectivity index (χ0) is 24.6. The van der Waals surface area contributed by atoms with Crippen LogP contribution in [0.2, 0.25) is 0 Å². The van der Waals surface area contributed by atoms with Crippen molar-refractivity contribution in [3.8, 4) is 11.5 Å². The molecule has 3 aromatic rings. The molecule has 1 aliphatic rings. The van der Waals surface area contributed by atoms with Gasteiger partial charge in [0.2, 0.25) is 5.43 Å². The normalized spacial score (nSPS) is 13.9. The lowest BCUT2D eigenvalue weighted by molar-refractivity contribution is 0.0693. The summed E-state index contributed by atoms with van der Waals surface area (Å²) in [5, 5.41) is 19.4. The van der Waals surface area contributed by atoms with Gasteiger partial charge in [0.05, 0.1) is 23.9 Å². The fraction of sp³-hybridized carbons (Fsp3) is 0.292. The number of methoxy groups -OCH3 is 1. The van der Waals surface area contributed by atoms with Crippen LogP contribution in [0.4, 0.5) is 10.1 Å². The molecule has 1 saturated heterocycles. The maximum Gasteiger partial charge on any atom is 0.341 e. The third-order valence-electron chi connectivity index (χ3n) is 6.06. The molecule has 2 N–H and O–H groups in total. The number of aryl methyl sites for hydroxylation is 1. The lowest BCUT2D eigenvalue weighted by Gasteiger charge is -2.36. The van der Waals surface area contributed by atoms with Crippen LogP contribution in [0.3, 0.4) is 0 Å². The molecule has 0 unspecified atom stereocenters. The monoisotopic (exact) mass is 469 g/mol. The van der Waals surface area contributed by atoms with E-state index in [1.807, 2.05) is 0 Å². The molecular weight excluding hydrogens is 445 g/mol. The Morgan fingerprint density at radius 1 is 1.09 bits per heavy atom. The Bertz CT molecular complexity index is 1340. The third-order valence-corrected chi connectivity index (χ3v) is 6.06. The van der Waals surface area contributed by atoms with Crippen molar-refractivity contribution in [2.45, 2.75) is 13.5 Å². The summed E-state index contributed by atoms with van der Waals surface area (Å²) >= 11 is 0. The van der Waals surface area contributed by atoms with Gasteiger partial charge in [-0.3, -0.25) is 9.59 Å². The fourth-order valence-electron chi connectivity index (χ4n) is 4.19. The van der Waals surface area contributed by atoms with Crippen molar-refractivity contribution in [3.05, 3.63) is 63.7 Å². The number of rotatable bonds is 5. The molecule has 0 atom stereocenters. The van der Waals surface area contributed by atoms with Crippen LogP contribution in [0.25, 0.3) is 10.9 Å². The summed E-state index contributed by atoms with van der Waals surface area (Å²) in [4.78, 5) is 40.2. The van der Waals surface area contributed by atoms with Crippen LogP contribution in [-0.2, 0) is 6.54 Å². The predicted octanol–water partition coefficient (Wildman–Crippen LogP) is 2.54. The number of amides is 1. The Kier molecular flexibility index (Phi) is 6.14. The molecule has 1 aromatic heterocycles. The molecule has 1 aliphatic heterocycles. The van der Waals surface area contributed by atoms with E-state index >= 15 is 4.39 Å². The molecule has 0 radical (unpaired) electrons. The van der Waals surface area contributed by atoms with Gasteiger partial charge in [-0.05, 0) is 37.3 Å². The summed E-state index contributed by atoms with van der Waals surface area (Å²) in [5.41, 5.74) is -0.298. The molecular formula is C24H24FN3O6. The molecule has 1 amide bonds. The standard InChI is InChI=1S/C24H24FN3O6/c1-3-26-13-17(24(32)33)22(30)15-11-18(25)20(12-19(15)26)27-6-8-28(9-7-27)23(31)16-10-14(34-2)4-5-21(16)29/h4-5,10-13,29H,3,6-9H2,1-2H3,(H,32,33). The van der Waals surface area contributed by atoms with Crippen LogP contribution in [0, 0.1) is 5.82 Å². The third kappa shape index (κ3) is 4.02. The zero-order valence-electron chi connectivity index (χ0n) is 18.7. The topological polar surface area (TPSA) is 112 Å². The second-order valence-electron chi connectivity index (χ2n) is 7.95. The molecule has 0 spiro atoms. The first-order chi connectivity index (χ1) is 16.2. The van der Waals surface area contributed by atoms with Crippen molar-refractivity contribution in [3.63, 3.8) is 0 Å². The number of phenols is 1. The van der Waals surface area contributed by atoms with Crippen LogP contribution < -0.4 is 15.1 Å². The molecule has 0 aliphatic carbocycles. The van der Waals surface area contributed by atoms with Gasteiger partial charge in [0.15, 0.2) is 0 Å². The van der Waals surface area contributed by atoms with Crippen LogP contribution in [0.5, 0.6) is 11.5 Å². The molecule has 0 bridgehead atoms. The number of pyridine rings is 1. The number of benzene rings is 2. The van der Waals surface area contributed by atoms with Crippen molar-refractivity contribution in [2.24, 2.45) is 0 Å². The highest BCUT2D eigenvalue weighted by atomic mass is 19.1. The largest absolute Gasteiger partial charge is 0.507 e. The van der Waals surface area contributed by atoms with E-state index < -0.39 is 22.8 Å². The second kappa shape index (κ2) is 9.05. The number of aromatic carboxylic acids is 1. The van der Waals surface area contributed by atoms with Gasteiger partial charge in [0.1, 0.15) is 22.9 Å². The summed E-state index contributed by atoms with van der Waals surface area (Å²) in [6, 6.07) is 7.06. The maximum absolute atomic E-state index is 15.0. The van der Waals surface area contributed by atoms with E-state index in [0.717, 1.165) is 6.07 Å². The SMILES string of the molecule is CCn1cc(C(=O)O)c(=O)c2cc(F)c(N3CCN(C(=O)c4cc(OC)ccc4O)CC3)cc21. The van der Waals surface area contributed by atoms with Gasteiger partial charge in [-0.2, -0.15) is 0 Å². The average molecular weight is 469 g/mol. The zero-order valence-corrected chi connectivity index (χ0v) is 18.7. The number of carboxylic acid groups (broad SMARTS) is 1. The van der Waals surface area contributed by atoms with Crippen molar-refractivity contribution in [1.29, 1.82) is 0 Å².